The number of hydrogen-bond donors (Lipinski definition) is 0. The van der Waals surface area contributed by atoms with Gasteiger partial charge in [-0.15, -0.1) is 0 Å². The molecule has 0 aliphatic rings. The lowest BCUT2D eigenvalue weighted by atomic mass is 10.2. The molecule has 0 aliphatic carbocycles. The first-order chi connectivity index (χ1) is 10.6. The molecule has 0 atom stereocenters. The lowest BCUT2D eigenvalue weighted by Gasteiger charge is -2.28. The Bertz CT molecular complexity index is 231. The largest absolute Gasteiger partial charge is 0.398 e. The van der Waals surface area contributed by atoms with E-state index in [2.05, 4.69) is 13.8 Å². The summed E-state index contributed by atoms with van der Waals surface area (Å²) in [5, 5.41) is 0. The van der Waals surface area contributed by atoms with Gasteiger partial charge in [0, 0.05) is 28.4 Å². The molecule has 0 unspecified atom stereocenters. The molecule has 6 heteroatoms. The van der Waals surface area contributed by atoms with Crippen LogP contribution in [0.1, 0.15) is 52.4 Å². The molecule has 22 heavy (non-hydrogen) atoms. The van der Waals surface area contributed by atoms with Gasteiger partial charge in [0.25, 0.3) is 0 Å². The Labute approximate surface area is 140 Å². The predicted molar refractivity (Wildman–Crippen MR) is 97.8 cm³/mol. The molecule has 0 fully saturated rings. The molecule has 0 saturated carbocycles. The van der Waals surface area contributed by atoms with Crippen LogP contribution in [0.2, 0.25) is 24.2 Å². The van der Waals surface area contributed by atoms with Crippen molar-refractivity contribution < 1.29 is 17.7 Å². The summed E-state index contributed by atoms with van der Waals surface area (Å²) in [6, 6.07) is 4.42. The van der Waals surface area contributed by atoms with Crippen LogP contribution in [0.25, 0.3) is 0 Å². The monoisotopic (exact) mass is 350 g/mol. The van der Waals surface area contributed by atoms with Gasteiger partial charge >= 0.3 is 17.1 Å². The summed E-state index contributed by atoms with van der Waals surface area (Å²) in [6.07, 6.45) is 7.18. The second-order valence-electron chi connectivity index (χ2n) is 6.05. The van der Waals surface area contributed by atoms with Crippen LogP contribution in [0.5, 0.6) is 0 Å². The van der Waals surface area contributed by atoms with Gasteiger partial charge in [0.05, 0.1) is 0 Å². The highest BCUT2D eigenvalue weighted by atomic mass is 28.4. The van der Waals surface area contributed by atoms with E-state index in [0.717, 1.165) is 37.0 Å². The minimum Gasteiger partial charge on any atom is -0.398 e. The quantitative estimate of drug-likeness (QED) is 0.313. The first kappa shape index (κ1) is 22.3. The summed E-state index contributed by atoms with van der Waals surface area (Å²) in [5.74, 6) is 0. The molecule has 0 N–H and O–H groups in total. The summed E-state index contributed by atoms with van der Waals surface area (Å²) in [4.78, 5) is 0. The SMILES string of the molecule is CCC[Si](CCCCCC[Si](CCC)(OC)OC)(OC)OC. The van der Waals surface area contributed by atoms with E-state index in [1.165, 1.54) is 25.7 Å². The van der Waals surface area contributed by atoms with E-state index in [1.807, 2.05) is 28.4 Å². The van der Waals surface area contributed by atoms with Gasteiger partial charge in [-0.1, -0.05) is 52.4 Å². The van der Waals surface area contributed by atoms with E-state index in [1.54, 1.807) is 0 Å². The van der Waals surface area contributed by atoms with E-state index < -0.39 is 17.1 Å². The zero-order chi connectivity index (χ0) is 16.9. The fourth-order valence-corrected chi connectivity index (χ4v) is 8.70. The third-order valence-corrected chi connectivity index (χ3v) is 12.3. The second kappa shape index (κ2) is 12.7. The van der Waals surface area contributed by atoms with Crippen LogP contribution >= 0.6 is 0 Å². The van der Waals surface area contributed by atoms with Crippen LogP contribution < -0.4 is 0 Å². The van der Waals surface area contributed by atoms with Crippen molar-refractivity contribution in [3.8, 4) is 0 Å². The highest BCUT2D eigenvalue weighted by Crippen LogP contribution is 2.25. The topological polar surface area (TPSA) is 36.9 Å². The van der Waals surface area contributed by atoms with Gasteiger partial charge < -0.3 is 17.7 Å². The fraction of sp³-hybridized carbons (Fsp3) is 1.00. The zero-order valence-electron chi connectivity index (χ0n) is 15.7. The van der Waals surface area contributed by atoms with Crippen molar-refractivity contribution in [2.45, 2.75) is 76.5 Å². The average molecular weight is 351 g/mol. The van der Waals surface area contributed by atoms with E-state index in [0.29, 0.717) is 0 Å². The molecule has 0 saturated heterocycles. The van der Waals surface area contributed by atoms with Crippen molar-refractivity contribution in [3.05, 3.63) is 0 Å². The van der Waals surface area contributed by atoms with E-state index in [9.17, 15) is 0 Å². The normalized spacial score (nSPS) is 12.8. The van der Waals surface area contributed by atoms with Gasteiger partial charge in [-0.05, 0) is 24.2 Å². The summed E-state index contributed by atoms with van der Waals surface area (Å²) in [7, 11) is 3.44. The lowest BCUT2D eigenvalue weighted by Crippen LogP contribution is -2.39. The molecular formula is C16H38O4Si2. The summed E-state index contributed by atoms with van der Waals surface area (Å²) in [6.45, 7) is 4.40. The Kier molecular flexibility index (Phi) is 12.8. The molecule has 0 amide bonds. The van der Waals surface area contributed by atoms with E-state index in [-0.39, 0.29) is 0 Å². The van der Waals surface area contributed by atoms with E-state index >= 15 is 0 Å². The Balaban J connectivity index is 4.01. The maximum Gasteiger partial charge on any atom is 0.337 e. The summed E-state index contributed by atoms with van der Waals surface area (Å²) >= 11 is 0. The Hall–Kier alpha value is 0.274. The highest BCUT2D eigenvalue weighted by molar-refractivity contribution is 6.67. The van der Waals surface area contributed by atoms with Crippen molar-refractivity contribution in [2.24, 2.45) is 0 Å². The molecule has 0 radical (unpaired) electrons. The van der Waals surface area contributed by atoms with Gasteiger partial charge in [0.15, 0.2) is 0 Å². The van der Waals surface area contributed by atoms with Crippen LogP contribution in [-0.4, -0.2) is 45.6 Å². The average Bonchev–Trinajstić information content (AvgIpc) is 2.56. The summed E-state index contributed by atoms with van der Waals surface area (Å²) in [5.41, 5.74) is 0. The maximum absolute atomic E-state index is 5.74. The number of rotatable bonds is 15. The summed E-state index contributed by atoms with van der Waals surface area (Å²) < 4.78 is 23.0. The minimum atomic E-state index is -1.91. The Morgan fingerprint density at radius 1 is 0.500 bits per heavy atom. The van der Waals surface area contributed by atoms with Gasteiger partial charge in [0.1, 0.15) is 0 Å². The second-order valence-corrected chi connectivity index (χ2v) is 13.3. The van der Waals surface area contributed by atoms with Gasteiger partial charge in [-0.3, -0.25) is 0 Å². The van der Waals surface area contributed by atoms with E-state index in [4.69, 9.17) is 17.7 Å². The maximum atomic E-state index is 5.74. The number of hydrogen-bond acceptors (Lipinski definition) is 4. The molecule has 0 aromatic rings. The first-order valence-electron chi connectivity index (χ1n) is 8.78. The third kappa shape index (κ3) is 7.70. The van der Waals surface area contributed by atoms with Crippen LogP contribution in [-0.2, 0) is 17.7 Å². The smallest absolute Gasteiger partial charge is 0.337 e. The molecule has 0 spiro atoms. The standard InChI is InChI=1S/C16H38O4Si2/c1-7-13-21(17-3,18-4)15-11-9-10-12-16-22(19-5,20-6)14-8-2/h7-16H2,1-6H3. The molecule has 0 rings (SSSR count). The Morgan fingerprint density at radius 2 is 0.818 bits per heavy atom. The van der Waals surface area contributed by atoms with Gasteiger partial charge in [-0.25, -0.2) is 0 Å². The zero-order valence-corrected chi connectivity index (χ0v) is 17.7. The van der Waals surface area contributed by atoms with Crippen molar-refractivity contribution in [2.75, 3.05) is 28.4 Å². The van der Waals surface area contributed by atoms with Crippen molar-refractivity contribution in [3.63, 3.8) is 0 Å². The molecule has 0 aromatic heterocycles. The van der Waals surface area contributed by atoms with Crippen molar-refractivity contribution in [1.29, 1.82) is 0 Å². The van der Waals surface area contributed by atoms with Crippen molar-refractivity contribution >= 4 is 17.1 Å². The molecule has 4 nitrogen and oxygen atoms in total. The first-order valence-corrected chi connectivity index (χ1v) is 13.2. The van der Waals surface area contributed by atoms with Gasteiger partial charge in [-0.2, -0.15) is 0 Å². The van der Waals surface area contributed by atoms with Crippen molar-refractivity contribution in [1.82, 2.24) is 0 Å². The molecule has 0 bridgehead atoms. The lowest BCUT2D eigenvalue weighted by molar-refractivity contribution is 0.237. The molecular weight excluding hydrogens is 312 g/mol. The third-order valence-electron chi connectivity index (χ3n) is 4.62. The Morgan fingerprint density at radius 3 is 1.05 bits per heavy atom. The molecule has 0 aliphatic heterocycles. The van der Waals surface area contributed by atoms with Crippen LogP contribution in [0, 0.1) is 0 Å². The van der Waals surface area contributed by atoms with Gasteiger partial charge in [0.2, 0.25) is 0 Å². The van der Waals surface area contributed by atoms with Crippen LogP contribution in [0.15, 0.2) is 0 Å². The highest BCUT2D eigenvalue weighted by Gasteiger charge is 2.34. The number of unbranched alkanes of at least 4 members (excludes halogenated alkanes) is 3. The molecule has 134 valence electrons. The fourth-order valence-electron chi connectivity index (χ4n) is 3.14. The minimum absolute atomic E-state index is 1.10. The molecule has 0 aromatic carbocycles. The predicted octanol–water partition coefficient (Wildman–Crippen LogP) is 4.84. The van der Waals surface area contributed by atoms with Crippen LogP contribution in [0.3, 0.4) is 0 Å². The molecule has 0 heterocycles. The van der Waals surface area contributed by atoms with Crippen LogP contribution in [0.4, 0.5) is 0 Å².